The number of hydrogen-bond donors (Lipinski definition) is 0. The summed E-state index contributed by atoms with van der Waals surface area (Å²) in [7, 11) is 0. The number of anilines is 1. The Morgan fingerprint density at radius 2 is 1.58 bits per heavy atom. The van der Waals surface area contributed by atoms with Crippen LogP contribution >= 0.6 is 0 Å². The molecule has 0 bridgehead atoms. The number of carbonyl (C=O) groups excluding carboxylic acids is 2. The second-order valence-corrected chi connectivity index (χ2v) is 7.19. The first-order valence-electron chi connectivity index (χ1n) is 9.65. The van der Waals surface area contributed by atoms with E-state index in [9.17, 15) is 14.0 Å². The lowest BCUT2D eigenvalue weighted by atomic mass is 9.94. The number of carbonyl (C=O) groups is 2. The fraction of sp³-hybridized carbons (Fsp3) is 0.600. The van der Waals surface area contributed by atoms with Gasteiger partial charge in [0, 0.05) is 57.3 Å². The zero-order valence-electron chi connectivity index (χ0n) is 15.5. The molecule has 0 radical (unpaired) electrons. The summed E-state index contributed by atoms with van der Waals surface area (Å²) in [5.41, 5.74) is 1.00. The third kappa shape index (κ3) is 4.34. The van der Waals surface area contributed by atoms with E-state index in [1.807, 2.05) is 16.7 Å². The maximum Gasteiger partial charge on any atom is 0.225 e. The number of piperazine rings is 1. The van der Waals surface area contributed by atoms with E-state index in [0.717, 1.165) is 38.0 Å². The standard InChI is InChI=1S/C20H28FN3O2/c1-2-3-19(25)23-10-8-16(9-11-23)20(26)24-14-12-22(13-15-24)18-6-4-17(21)5-7-18/h4-7,16H,2-3,8-15H2,1H3. The van der Waals surface area contributed by atoms with Crippen molar-refractivity contribution in [3.63, 3.8) is 0 Å². The quantitative estimate of drug-likeness (QED) is 0.828. The minimum Gasteiger partial charge on any atom is -0.368 e. The lowest BCUT2D eigenvalue weighted by molar-refractivity contribution is -0.141. The molecule has 1 aromatic rings. The predicted molar refractivity (Wildman–Crippen MR) is 99.4 cm³/mol. The molecule has 0 atom stereocenters. The van der Waals surface area contributed by atoms with Crippen LogP contribution in [0.3, 0.4) is 0 Å². The summed E-state index contributed by atoms with van der Waals surface area (Å²) in [6, 6.07) is 6.52. The summed E-state index contributed by atoms with van der Waals surface area (Å²) >= 11 is 0. The van der Waals surface area contributed by atoms with E-state index in [0.29, 0.717) is 32.6 Å². The first-order chi connectivity index (χ1) is 12.6. The number of amides is 2. The summed E-state index contributed by atoms with van der Waals surface area (Å²) in [4.78, 5) is 30.8. The van der Waals surface area contributed by atoms with Crippen molar-refractivity contribution >= 4 is 17.5 Å². The van der Waals surface area contributed by atoms with Gasteiger partial charge in [-0.3, -0.25) is 9.59 Å². The third-order valence-electron chi connectivity index (χ3n) is 5.44. The SMILES string of the molecule is CCCC(=O)N1CCC(C(=O)N2CCN(c3ccc(F)cc3)CC2)CC1. The molecule has 2 aliphatic rings. The van der Waals surface area contributed by atoms with Crippen molar-refractivity contribution in [3.8, 4) is 0 Å². The molecule has 5 nitrogen and oxygen atoms in total. The Labute approximate surface area is 154 Å². The molecule has 0 spiro atoms. The van der Waals surface area contributed by atoms with Gasteiger partial charge >= 0.3 is 0 Å². The van der Waals surface area contributed by atoms with Gasteiger partial charge in [-0.25, -0.2) is 4.39 Å². The molecular formula is C20H28FN3O2. The summed E-state index contributed by atoms with van der Waals surface area (Å²) in [6.07, 6.45) is 3.01. The van der Waals surface area contributed by atoms with Crippen LogP contribution in [0.15, 0.2) is 24.3 Å². The first kappa shape index (κ1) is 18.7. The molecule has 0 saturated carbocycles. The molecule has 2 heterocycles. The maximum atomic E-state index is 13.1. The summed E-state index contributed by atoms with van der Waals surface area (Å²) < 4.78 is 13.1. The van der Waals surface area contributed by atoms with Crippen molar-refractivity contribution in [2.24, 2.45) is 5.92 Å². The van der Waals surface area contributed by atoms with E-state index in [-0.39, 0.29) is 23.5 Å². The fourth-order valence-electron chi connectivity index (χ4n) is 3.84. The zero-order valence-corrected chi connectivity index (χ0v) is 15.5. The van der Waals surface area contributed by atoms with Crippen molar-refractivity contribution in [1.29, 1.82) is 0 Å². The van der Waals surface area contributed by atoms with Crippen LogP contribution in [0.25, 0.3) is 0 Å². The van der Waals surface area contributed by atoms with Crippen molar-refractivity contribution in [3.05, 3.63) is 30.1 Å². The number of benzene rings is 1. The number of piperidine rings is 1. The highest BCUT2D eigenvalue weighted by molar-refractivity contribution is 5.80. The average molecular weight is 361 g/mol. The molecule has 6 heteroatoms. The molecule has 142 valence electrons. The third-order valence-corrected chi connectivity index (χ3v) is 5.44. The van der Waals surface area contributed by atoms with Gasteiger partial charge in [0.05, 0.1) is 0 Å². The van der Waals surface area contributed by atoms with Gasteiger partial charge in [-0.15, -0.1) is 0 Å². The monoisotopic (exact) mass is 361 g/mol. The van der Waals surface area contributed by atoms with Crippen LogP contribution in [-0.4, -0.2) is 60.9 Å². The highest BCUT2D eigenvalue weighted by Gasteiger charge is 2.31. The Hall–Kier alpha value is -2.11. The van der Waals surface area contributed by atoms with Gasteiger partial charge in [-0.2, -0.15) is 0 Å². The Morgan fingerprint density at radius 3 is 2.15 bits per heavy atom. The minimum absolute atomic E-state index is 0.0399. The molecule has 2 saturated heterocycles. The topological polar surface area (TPSA) is 43.9 Å². The first-order valence-corrected chi connectivity index (χ1v) is 9.65. The fourth-order valence-corrected chi connectivity index (χ4v) is 3.84. The normalized spacial score (nSPS) is 18.9. The number of nitrogens with zero attached hydrogens (tertiary/aromatic N) is 3. The molecule has 0 unspecified atom stereocenters. The molecule has 2 aliphatic heterocycles. The number of hydrogen-bond acceptors (Lipinski definition) is 3. The largest absolute Gasteiger partial charge is 0.368 e. The van der Waals surface area contributed by atoms with Crippen LogP contribution in [-0.2, 0) is 9.59 Å². The lowest BCUT2D eigenvalue weighted by Gasteiger charge is -2.39. The van der Waals surface area contributed by atoms with Crippen LogP contribution in [0.2, 0.25) is 0 Å². The molecule has 0 N–H and O–H groups in total. The van der Waals surface area contributed by atoms with Crippen LogP contribution in [0.1, 0.15) is 32.6 Å². The number of likely N-dealkylation sites (tertiary alicyclic amines) is 1. The molecule has 0 aromatic heterocycles. The van der Waals surface area contributed by atoms with Crippen LogP contribution in [0.4, 0.5) is 10.1 Å². The van der Waals surface area contributed by atoms with Crippen molar-refractivity contribution in [2.45, 2.75) is 32.6 Å². The molecular weight excluding hydrogens is 333 g/mol. The second kappa shape index (κ2) is 8.52. The van der Waals surface area contributed by atoms with E-state index in [1.54, 1.807) is 12.1 Å². The van der Waals surface area contributed by atoms with Gasteiger partial charge in [-0.05, 0) is 43.5 Å². The van der Waals surface area contributed by atoms with Crippen molar-refractivity contribution in [2.75, 3.05) is 44.2 Å². The van der Waals surface area contributed by atoms with Gasteiger partial charge in [0.1, 0.15) is 5.82 Å². The summed E-state index contributed by atoms with van der Waals surface area (Å²) in [5, 5.41) is 0. The van der Waals surface area contributed by atoms with E-state index in [4.69, 9.17) is 0 Å². The van der Waals surface area contributed by atoms with E-state index in [2.05, 4.69) is 4.90 Å². The van der Waals surface area contributed by atoms with Crippen molar-refractivity contribution < 1.29 is 14.0 Å². The Kier molecular flexibility index (Phi) is 6.12. The second-order valence-electron chi connectivity index (χ2n) is 7.19. The van der Waals surface area contributed by atoms with Crippen LogP contribution in [0.5, 0.6) is 0 Å². The Bertz CT molecular complexity index is 618. The Balaban J connectivity index is 1.47. The smallest absolute Gasteiger partial charge is 0.225 e. The zero-order chi connectivity index (χ0) is 18.5. The average Bonchev–Trinajstić information content (AvgIpc) is 2.68. The summed E-state index contributed by atoms with van der Waals surface area (Å²) in [6.45, 7) is 6.35. The Morgan fingerprint density at radius 1 is 0.962 bits per heavy atom. The van der Waals surface area contributed by atoms with Crippen molar-refractivity contribution in [1.82, 2.24) is 9.80 Å². The van der Waals surface area contributed by atoms with E-state index >= 15 is 0 Å². The minimum atomic E-state index is -0.230. The molecule has 26 heavy (non-hydrogen) atoms. The highest BCUT2D eigenvalue weighted by Crippen LogP contribution is 2.23. The van der Waals surface area contributed by atoms with Gasteiger partial charge in [0.25, 0.3) is 0 Å². The summed E-state index contributed by atoms with van der Waals surface area (Å²) in [5.74, 6) is 0.252. The molecule has 0 aliphatic carbocycles. The number of halogens is 1. The predicted octanol–water partition coefficient (Wildman–Crippen LogP) is 2.51. The highest BCUT2D eigenvalue weighted by atomic mass is 19.1. The van der Waals surface area contributed by atoms with Crippen LogP contribution in [0, 0.1) is 11.7 Å². The van der Waals surface area contributed by atoms with Gasteiger partial charge < -0.3 is 14.7 Å². The van der Waals surface area contributed by atoms with E-state index in [1.165, 1.54) is 12.1 Å². The lowest BCUT2D eigenvalue weighted by Crippen LogP contribution is -2.52. The van der Waals surface area contributed by atoms with Gasteiger partial charge in [-0.1, -0.05) is 6.92 Å². The molecule has 1 aromatic carbocycles. The van der Waals surface area contributed by atoms with E-state index < -0.39 is 0 Å². The van der Waals surface area contributed by atoms with Gasteiger partial charge in [0.15, 0.2) is 0 Å². The molecule has 2 amide bonds. The van der Waals surface area contributed by atoms with Crippen LogP contribution < -0.4 is 4.90 Å². The van der Waals surface area contributed by atoms with Gasteiger partial charge in [0.2, 0.25) is 11.8 Å². The molecule has 3 rings (SSSR count). The number of rotatable bonds is 4. The molecule has 2 fully saturated rings. The maximum absolute atomic E-state index is 13.1.